The van der Waals surface area contributed by atoms with Gasteiger partial charge in [-0.25, -0.2) is 0 Å². The number of carbonyl (C=O) groups excluding carboxylic acids is 1. The average molecular weight is 315 g/mol. The van der Waals surface area contributed by atoms with Crippen LogP contribution in [-0.2, 0) is 11.3 Å². The van der Waals surface area contributed by atoms with Gasteiger partial charge in [-0.2, -0.15) is 0 Å². The van der Waals surface area contributed by atoms with Gasteiger partial charge in [-0.05, 0) is 30.7 Å². The number of hydrogen-bond acceptors (Lipinski definition) is 4. The van der Waals surface area contributed by atoms with Crippen molar-refractivity contribution in [1.82, 2.24) is 4.90 Å². The molecule has 23 heavy (non-hydrogen) atoms. The van der Waals surface area contributed by atoms with E-state index in [-0.39, 0.29) is 12.5 Å². The Morgan fingerprint density at radius 3 is 2.78 bits per heavy atom. The minimum atomic E-state index is -0.614. The van der Waals surface area contributed by atoms with Crippen LogP contribution in [0, 0.1) is 0 Å². The van der Waals surface area contributed by atoms with E-state index in [4.69, 9.17) is 13.9 Å². The lowest BCUT2D eigenvalue weighted by Gasteiger charge is -2.30. The van der Waals surface area contributed by atoms with Gasteiger partial charge >= 0.3 is 0 Å². The highest BCUT2D eigenvalue weighted by Crippen LogP contribution is 2.31. The number of nitrogens with zero attached hydrogens (tertiary/aromatic N) is 1. The maximum Gasteiger partial charge on any atom is 0.267 e. The summed E-state index contributed by atoms with van der Waals surface area (Å²) in [4.78, 5) is 14.6. The van der Waals surface area contributed by atoms with E-state index in [2.05, 4.69) is 6.92 Å². The zero-order chi connectivity index (χ0) is 16.1. The molecule has 0 fully saturated rings. The minimum Gasteiger partial charge on any atom is -0.485 e. The molecule has 1 aliphatic rings. The summed E-state index contributed by atoms with van der Waals surface area (Å²) in [6.07, 6.45) is 2.97. The van der Waals surface area contributed by atoms with Gasteiger partial charge in [-0.3, -0.25) is 4.79 Å². The number of amides is 1. The highest BCUT2D eigenvalue weighted by atomic mass is 16.6. The summed E-state index contributed by atoms with van der Waals surface area (Å²) < 4.78 is 16.8. The number of benzene rings is 1. The molecule has 5 nitrogen and oxygen atoms in total. The fraction of sp³-hybridized carbons (Fsp3) is 0.389. The number of fused-ring (bicyclic) bond motifs is 1. The fourth-order valence-electron chi connectivity index (χ4n) is 2.55. The van der Waals surface area contributed by atoms with Crippen LogP contribution < -0.4 is 9.47 Å². The average Bonchev–Trinajstić information content (AvgIpc) is 3.10. The number of carbonyl (C=O) groups is 1. The first-order chi connectivity index (χ1) is 11.3. The molecule has 1 atom stereocenters. The molecule has 0 N–H and O–H groups in total. The molecule has 2 heterocycles. The predicted octanol–water partition coefficient (Wildman–Crippen LogP) is 3.25. The zero-order valence-electron chi connectivity index (χ0n) is 13.2. The molecule has 0 saturated carbocycles. The topological polar surface area (TPSA) is 51.9 Å². The molecule has 1 aromatic heterocycles. The molecule has 0 saturated heterocycles. The molecule has 0 radical (unpaired) electrons. The van der Waals surface area contributed by atoms with Crippen LogP contribution in [-0.4, -0.2) is 30.1 Å². The van der Waals surface area contributed by atoms with E-state index in [0.717, 1.165) is 18.6 Å². The maximum absolute atomic E-state index is 12.8. The van der Waals surface area contributed by atoms with Crippen molar-refractivity contribution >= 4 is 5.91 Å². The van der Waals surface area contributed by atoms with Crippen molar-refractivity contribution in [2.45, 2.75) is 32.4 Å². The third-order valence-corrected chi connectivity index (χ3v) is 3.80. The zero-order valence-corrected chi connectivity index (χ0v) is 13.2. The minimum absolute atomic E-state index is 0.0654. The molecule has 1 aromatic carbocycles. The van der Waals surface area contributed by atoms with Crippen LogP contribution >= 0.6 is 0 Å². The van der Waals surface area contributed by atoms with Crippen LogP contribution in [0.2, 0.25) is 0 Å². The first-order valence-electron chi connectivity index (χ1n) is 7.97. The Morgan fingerprint density at radius 2 is 2.04 bits per heavy atom. The van der Waals surface area contributed by atoms with Gasteiger partial charge in [-0.1, -0.05) is 25.5 Å². The SMILES string of the molecule is CCCCN(Cc1ccco1)C(=O)[C@@H]1COc2ccccc2O1. The van der Waals surface area contributed by atoms with Crippen molar-refractivity contribution < 1.29 is 18.7 Å². The normalized spacial score (nSPS) is 16.1. The molecular weight excluding hydrogens is 294 g/mol. The van der Waals surface area contributed by atoms with Crippen LogP contribution in [0.3, 0.4) is 0 Å². The third-order valence-electron chi connectivity index (χ3n) is 3.80. The van der Waals surface area contributed by atoms with Crippen LogP contribution in [0.15, 0.2) is 47.1 Å². The summed E-state index contributed by atoms with van der Waals surface area (Å²) >= 11 is 0. The number of rotatable bonds is 6. The first kappa shape index (κ1) is 15.5. The second-order valence-electron chi connectivity index (χ2n) is 5.56. The standard InChI is InChI=1S/C18H21NO4/c1-2-3-10-19(12-14-7-6-11-21-14)18(20)17-13-22-15-8-4-5-9-16(15)23-17/h4-9,11,17H,2-3,10,12-13H2,1H3/t17-/m0/s1. The van der Waals surface area contributed by atoms with E-state index < -0.39 is 6.10 Å². The largest absolute Gasteiger partial charge is 0.485 e. The molecule has 2 aromatic rings. The number of furan rings is 1. The lowest BCUT2D eigenvalue weighted by atomic mass is 10.2. The summed E-state index contributed by atoms with van der Waals surface area (Å²) in [5, 5.41) is 0. The van der Waals surface area contributed by atoms with Crippen LogP contribution in [0.25, 0.3) is 0 Å². The van der Waals surface area contributed by atoms with Gasteiger partial charge < -0.3 is 18.8 Å². The van der Waals surface area contributed by atoms with Crippen LogP contribution in [0.1, 0.15) is 25.5 Å². The molecule has 5 heteroatoms. The Kier molecular flexibility index (Phi) is 4.86. The van der Waals surface area contributed by atoms with Gasteiger partial charge in [0.25, 0.3) is 5.91 Å². The number of para-hydroxylation sites is 2. The Balaban J connectivity index is 1.70. The lowest BCUT2D eigenvalue weighted by Crippen LogP contribution is -2.46. The Bertz CT molecular complexity index is 638. The van der Waals surface area contributed by atoms with Crippen molar-refractivity contribution in [1.29, 1.82) is 0 Å². The second-order valence-corrected chi connectivity index (χ2v) is 5.56. The third kappa shape index (κ3) is 3.67. The van der Waals surface area contributed by atoms with Gasteiger partial charge in [0.15, 0.2) is 11.5 Å². The molecular formula is C18H21NO4. The maximum atomic E-state index is 12.8. The molecule has 0 aliphatic carbocycles. The van der Waals surface area contributed by atoms with Crippen molar-refractivity contribution in [3.63, 3.8) is 0 Å². The highest BCUT2D eigenvalue weighted by Gasteiger charge is 2.31. The first-order valence-corrected chi connectivity index (χ1v) is 7.97. The molecule has 0 unspecified atom stereocenters. The number of unbranched alkanes of at least 4 members (excludes halogenated alkanes) is 1. The molecule has 1 aliphatic heterocycles. The van der Waals surface area contributed by atoms with E-state index in [1.807, 2.05) is 36.4 Å². The van der Waals surface area contributed by atoms with Crippen LogP contribution in [0.5, 0.6) is 11.5 Å². The molecule has 0 bridgehead atoms. The van der Waals surface area contributed by atoms with E-state index in [0.29, 0.717) is 24.6 Å². The Morgan fingerprint density at radius 1 is 1.22 bits per heavy atom. The summed E-state index contributed by atoms with van der Waals surface area (Å²) in [6, 6.07) is 11.1. The van der Waals surface area contributed by atoms with E-state index >= 15 is 0 Å². The second kappa shape index (κ2) is 7.22. The van der Waals surface area contributed by atoms with Gasteiger partial charge in [0.05, 0.1) is 12.8 Å². The molecule has 122 valence electrons. The lowest BCUT2D eigenvalue weighted by molar-refractivity contribution is -0.142. The summed E-state index contributed by atoms with van der Waals surface area (Å²) in [6.45, 7) is 3.47. The number of ether oxygens (including phenoxy) is 2. The summed E-state index contributed by atoms with van der Waals surface area (Å²) in [5.41, 5.74) is 0. The van der Waals surface area contributed by atoms with Crippen molar-refractivity contribution in [3.8, 4) is 11.5 Å². The Labute approximate surface area is 135 Å². The van der Waals surface area contributed by atoms with Gasteiger partial charge in [-0.15, -0.1) is 0 Å². The van der Waals surface area contributed by atoms with Gasteiger partial charge in [0, 0.05) is 6.54 Å². The smallest absolute Gasteiger partial charge is 0.267 e. The Hall–Kier alpha value is -2.43. The van der Waals surface area contributed by atoms with Gasteiger partial charge in [0.2, 0.25) is 6.10 Å². The molecule has 3 rings (SSSR count). The quantitative estimate of drug-likeness (QED) is 0.821. The fourth-order valence-corrected chi connectivity index (χ4v) is 2.55. The van der Waals surface area contributed by atoms with E-state index in [9.17, 15) is 4.79 Å². The van der Waals surface area contributed by atoms with Crippen molar-refractivity contribution in [2.24, 2.45) is 0 Å². The van der Waals surface area contributed by atoms with E-state index in [1.165, 1.54) is 0 Å². The summed E-state index contributed by atoms with van der Waals surface area (Å²) in [5.74, 6) is 2.00. The monoisotopic (exact) mass is 315 g/mol. The molecule has 0 spiro atoms. The van der Waals surface area contributed by atoms with Gasteiger partial charge in [0.1, 0.15) is 12.4 Å². The highest BCUT2D eigenvalue weighted by molar-refractivity contribution is 5.82. The summed E-state index contributed by atoms with van der Waals surface area (Å²) in [7, 11) is 0. The molecule has 1 amide bonds. The number of hydrogen-bond donors (Lipinski definition) is 0. The predicted molar refractivity (Wildman–Crippen MR) is 85.4 cm³/mol. The van der Waals surface area contributed by atoms with Crippen LogP contribution in [0.4, 0.5) is 0 Å². The van der Waals surface area contributed by atoms with Crippen molar-refractivity contribution in [3.05, 3.63) is 48.4 Å². The van der Waals surface area contributed by atoms with E-state index in [1.54, 1.807) is 11.2 Å². The van der Waals surface area contributed by atoms with Crippen molar-refractivity contribution in [2.75, 3.05) is 13.2 Å².